The van der Waals surface area contributed by atoms with Crippen LogP contribution in [0.2, 0.25) is 0 Å². The molecule has 0 N–H and O–H groups in total. The van der Waals surface area contributed by atoms with Crippen molar-refractivity contribution < 1.29 is 14.3 Å². The van der Waals surface area contributed by atoms with Gasteiger partial charge in [0.05, 0.1) is 0 Å². The summed E-state index contributed by atoms with van der Waals surface area (Å²) < 4.78 is 5.90. The van der Waals surface area contributed by atoms with Gasteiger partial charge in [-0.2, -0.15) is 0 Å². The van der Waals surface area contributed by atoms with Crippen LogP contribution < -0.4 is 0 Å². The van der Waals surface area contributed by atoms with Crippen molar-refractivity contribution in [3.05, 3.63) is 70.8 Å². The lowest BCUT2D eigenvalue weighted by Gasteiger charge is -2.28. The summed E-state index contributed by atoms with van der Waals surface area (Å²) in [6, 6.07) is 16.5. The standard InChI is InChI=1S/C28H19N3O3/c1-29-25-17-9-5-13-12-4-8-16-22-18(27(33)31(3)28-24(16)34-28)10-6-14(20(12)22)15-7-11-19(23(17)21(13)15)26(32)30(25)2/h4-11,24,28H,1-3H3. The van der Waals surface area contributed by atoms with Gasteiger partial charge in [0.1, 0.15) is 11.9 Å². The molecule has 0 radical (unpaired) electrons. The molecular formula is C28H19N3O3. The molecule has 3 aliphatic rings. The van der Waals surface area contributed by atoms with E-state index in [1.54, 1.807) is 23.9 Å². The van der Waals surface area contributed by atoms with Crippen molar-refractivity contribution in [3.63, 3.8) is 0 Å². The van der Waals surface area contributed by atoms with E-state index in [0.29, 0.717) is 11.4 Å². The van der Waals surface area contributed by atoms with Gasteiger partial charge in [-0.05, 0) is 56.1 Å². The number of benzene rings is 5. The third kappa shape index (κ3) is 1.88. The molecule has 3 aliphatic heterocycles. The first-order valence-electron chi connectivity index (χ1n) is 11.4. The minimum atomic E-state index is -0.200. The fourth-order valence-electron chi connectivity index (χ4n) is 6.35. The molecule has 0 bridgehead atoms. The number of amidine groups is 1. The number of rotatable bonds is 0. The van der Waals surface area contributed by atoms with Crippen molar-refractivity contribution in [2.24, 2.45) is 4.99 Å². The minimum absolute atomic E-state index is 0.0107. The quantitative estimate of drug-likeness (QED) is 0.197. The first kappa shape index (κ1) is 18.4. The van der Waals surface area contributed by atoms with Crippen LogP contribution >= 0.6 is 0 Å². The van der Waals surface area contributed by atoms with Crippen molar-refractivity contribution in [2.75, 3.05) is 21.1 Å². The molecule has 8 rings (SSSR count). The highest BCUT2D eigenvalue weighted by atomic mass is 16.6. The van der Waals surface area contributed by atoms with Gasteiger partial charge in [-0.3, -0.25) is 19.5 Å². The molecule has 34 heavy (non-hydrogen) atoms. The van der Waals surface area contributed by atoms with E-state index < -0.39 is 0 Å². The van der Waals surface area contributed by atoms with Gasteiger partial charge in [0.15, 0.2) is 6.23 Å². The van der Waals surface area contributed by atoms with Gasteiger partial charge in [-0.15, -0.1) is 0 Å². The lowest BCUT2D eigenvalue weighted by Crippen LogP contribution is -2.37. The molecule has 6 heteroatoms. The Kier molecular flexibility index (Phi) is 3.09. The normalized spacial score (nSPS) is 22.5. The van der Waals surface area contributed by atoms with E-state index in [2.05, 4.69) is 41.4 Å². The lowest BCUT2D eigenvalue weighted by atomic mass is 9.83. The molecule has 164 valence electrons. The number of aliphatic imine (C=N–C) groups is 1. The van der Waals surface area contributed by atoms with Crippen LogP contribution in [0.25, 0.3) is 43.1 Å². The third-order valence-corrected chi connectivity index (χ3v) is 7.95. The third-order valence-electron chi connectivity index (χ3n) is 7.95. The number of epoxide rings is 1. The maximum absolute atomic E-state index is 13.3. The van der Waals surface area contributed by atoms with Gasteiger partial charge in [0.25, 0.3) is 11.8 Å². The zero-order valence-corrected chi connectivity index (χ0v) is 18.8. The first-order chi connectivity index (χ1) is 16.5. The average Bonchev–Trinajstić information content (AvgIpc) is 3.66. The highest BCUT2D eigenvalue weighted by Crippen LogP contribution is 2.51. The molecule has 1 fully saturated rings. The van der Waals surface area contributed by atoms with Gasteiger partial charge in [-0.25, -0.2) is 0 Å². The molecule has 0 aromatic heterocycles. The summed E-state index contributed by atoms with van der Waals surface area (Å²) in [5.41, 5.74) is 3.46. The molecular weight excluding hydrogens is 426 g/mol. The summed E-state index contributed by atoms with van der Waals surface area (Å²) in [6.45, 7) is 0. The molecule has 6 nitrogen and oxygen atoms in total. The predicted octanol–water partition coefficient (Wildman–Crippen LogP) is 4.68. The Morgan fingerprint density at radius 2 is 1.26 bits per heavy atom. The summed E-state index contributed by atoms with van der Waals surface area (Å²) in [7, 11) is 5.31. The topological polar surface area (TPSA) is 65.5 Å². The second-order valence-corrected chi connectivity index (χ2v) is 9.46. The fraction of sp³-hybridized carbons (Fsp3) is 0.179. The number of carbonyl (C=O) groups is 2. The summed E-state index contributed by atoms with van der Waals surface area (Å²) in [6.07, 6.45) is -0.290. The van der Waals surface area contributed by atoms with E-state index >= 15 is 0 Å². The van der Waals surface area contributed by atoms with Crippen molar-refractivity contribution in [3.8, 4) is 0 Å². The minimum Gasteiger partial charge on any atom is -0.342 e. The maximum Gasteiger partial charge on any atom is 0.259 e. The molecule has 0 aliphatic carbocycles. The van der Waals surface area contributed by atoms with Gasteiger partial charge in [-0.1, -0.05) is 30.3 Å². The number of carbonyl (C=O) groups excluding carboxylic acids is 2. The Hall–Kier alpha value is -4.03. The van der Waals surface area contributed by atoms with Gasteiger partial charge in [0.2, 0.25) is 0 Å². The van der Waals surface area contributed by atoms with Crippen LogP contribution in [-0.4, -0.2) is 54.8 Å². The molecule has 5 aromatic rings. The smallest absolute Gasteiger partial charge is 0.259 e. The fourth-order valence-corrected chi connectivity index (χ4v) is 6.35. The Morgan fingerprint density at radius 1 is 0.706 bits per heavy atom. The van der Waals surface area contributed by atoms with Crippen molar-refractivity contribution >= 4 is 60.7 Å². The molecule has 2 unspecified atom stereocenters. The van der Waals surface area contributed by atoms with E-state index in [9.17, 15) is 9.59 Å². The lowest BCUT2D eigenvalue weighted by molar-refractivity contribution is 0.0727. The number of fused-ring (bicyclic) bond motifs is 4. The zero-order chi connectivity index (χ0) is 23.0. The van der Waals surface area contributed by atoms with Crippen LogP contribution in [0.15, 0.2) is 53.5 Å². The maximum atomic E-state index is 13.3. The van der Waals surface area contributed by atoms with Crippen LogP contribution in [0.4, 0.5) is 0 Å². The summed E-state index contributed by atoms with van der Waals surface area (Å²) in [5, 5.41) is 8.44. The Balaban J connectivity index is 1.62. The van der Waals surface area contributed by atoms with Gasteiger partial charge < -0.3 is 9.64 Å². The second kappa shape index (κ2) is 5.72. The number of hydrogen-bond acceptors (Lipinski definition) is 4. The average molecular weight is 445 g/mol. The first-order valence-corrected chi connectivity index (χ1v) is 11.4. The predicted molar refractivity (Wildman–Crippen MR) is 132 cm³/mol. The Morgan fingerprint density at radius 3 is 1.91 bits per heavy atom. The Labute approximate surface area is 194 Å². The molecule has 0 spiro atoms. The largest absolute Gasteiger partial charge is 0.342 e. The van der Waals surface area contributed by atoms with Crippen molar-refractivity contribution in [1.29, 1.82) is 0 Å². The number of likely N-dealkylation sites (N-methyl/N-ethyl adjacent to an activating group) is 1. The van der Waals surface area contributed by atoms with Crippen molar-refractivity contribution in [1.82, 2.24) is 9.80 Å². The summed E-state index contributed by atoms with van der Waals surface area (Å²) in [5.74, 6) is 0.623. The summed E-state index contributed by atoms with van der Waals surface area (Å²) in [4.78, 5) is 34.3. The van der Waals surface area contributed by atoms with E-state index in [4.69, 9.17) is 4.74 Å². The SMILES string of the molecule is CN=C1c2ccc3c4ccc5c6c(ccc(c7ccc(c2c73)C(=O)N1C)c64)C(=O)N(C)C1OC51. The van der Waals surface area contributed by atoms with Gasteiger partial charge in [0, 0.05) is 48.6 Å². The number of hydrogen-bond donors (Lipinski definition) is 0. The van der Waals surface area contributed by atoms with Crippen LogP contribution in [0.3, 0.4) is 0 Å². The van der Waals surface area contributed by atoms with Gasteiger partial charge >= 0.3 is 0 Å². The summed E-state index contributed by atoms with van der Waals surface area (Å²) >= 11 is 0. The zero-order valence-electron chi connectivity index (χ0n) is 18.8. The number of nitrogens with zero attached hydrogens (tertiary/aromatic N) is 3. The number of ether oxygens (including phenoxy) is 1. The van der Waals surface area contributed by atoms with E-state index in [1.165, 1.54) is 0 Å². The van der Waals surface area contributed by atoms with E-state index in [0.717, 1.165) is 59.8 Å². The van der Waals surface area contributed by atoms with Crippen molar-refractivity contribution in [2.45, 2.75) is 12.3 Å². The highest BCUT2D eigenvalue weighted by molar-refractivity contribution is 6.39. The molecule has 1 saturated heterocycles. The van der Waals surface area contributed by atoms with Crippen LogP contribution in [0, 0.1) is 0 Å². The molecule has 2 amide bonds. The molecule has 3 heterocycles. The molecule has 5 aromatic carbocycles. The van der Waals surface area contributed by atoms with E-state index in [-0.39, 0.29) is 24.1 Å². The van der Waals surface area contributed by atoms with E-state index in [1.807, 2.05) is 19.2 Å². The Bertz CT molecular complexity index is 1820. The molecule has 0 saturated carbocycles. The molecule has 2 atom stereocenters. The number of amides is 2. The van der Waals surface area contributed by atoms with Crippen LogP contribution in [0.5, 0.6) is 0 Å². The van der Waals surface area contributed by atoms with Crippen LogP contribution in [-0.2, 0) is 4.74 Å². The second-order valence-electron chi connectivity index (χ2n) is 9.46. The highest BCUT2D eigenvalue weighted by Gasteiger charge is 2.49. The monoisotopic (exact) mass is 445 g/mol. The van der Waals surface area contributed by atoms with Crippen LogP contribution in [0.1, 0.15) is 37.9 Å².